The molecule has 32 heavy (non-hydrogen) atoms. The Morgan fingerprint density at radius 2 is 1.09 bits per heavy atom. The molecule has 0 N–H and O–H groups in total. The lowest BCUT2D eigenvalue weighted by Gasteiger charge is -2.37. The molecule has 158 valence electrons. The summed E-state index contributed by atoms with van der Waals surface area (Å²) in [6.45, 7) is 0. The molecule has 0 spiro atoms. The average molecular weight is 437 g/mol. The zero-order valence-electron chi connectivity index (χ0n) is 17.9. The Kier molecular flexibility index (Phi) is 6.58. The third-order valence-electron chi connectivity index (χ3n) is 5.78. The standard InChI is InChI=1S/C29H24O2S/c1-31-28(30)23-19-17-22(18-20-23)21-27(32)29(24-11-5-2-6-12-24,25-13-7-3-8-14-25)26-15-9-4-10-16-26/h2-20H,21H2,1H3. The summed E-state index contributed by atoms with van der Waals surface area (Å²) in [5, 5.41) is 0. The number of benzene rings is 4. The van der Waals surface area contributed by atoms with E-state index in [4.69, 9.17) is 17.0 Å². The number of thiocarbonyl (C=S) groups is 1. The van der Waals surface area contributed by atoms with Crippen LogP contribution in [0, 0.1) is 0 Å². The van der Waals surface area contributed by atoms with Gasteiger partial charge in [-0.2, -0.15) is 0 Å². The van der Waals surface area contributed by atoms with E-state index in [2.05, 4.69) is 72.8 Å². The topological polar surface area (TPSA) is 26.3 Å². The maximum atomic E-state index is 11.8. The summed E-state index contributed by atoms with van der Waals surface area (Å²) in [6.07, 6.45) is 0.593. The minimum absolute atomic E-state index is 0.341. The van der Waals surface area contributed by atoms with Gasteiger partial charge in [0, 0.05) is 11.3 Å². The second-order valence-corrected chi connectivity index (χ2v) is 8.13. The average Bonchev–Trinajstić information content (AvgIpc) is 2.86. The highest BCUT2D eigenvalue weighted by Gasteiger charge is 2.40. The van der Waals surface area contributed by atoms with Crippen molar-refractivity contribution < 1.29 is 9.53 Å². The molecule has 0 bridgehead atoms. The van der Waals surface area contributed by atoms with Gasteiger partial charge in [-0.15, -0.1) is 0 Å². The van der Waals surface area contributed by atoms with Crippen LogP contribution < -0.4 is 0 Å². The fraction of sp³-hybridized carbons (Fsp3) is 0.103. The molecular formula is C29H24O2S. The van der Waals surface area contributed by atoms with Crippen molar-refractivity contribution in [3.05, 3.63) is 143 Å². The lowest BCUT2D eigenvalue weighted by Crippen LogP contribution is -2.38. The number of carbonyl (C=O) groups is 1. The third kappa shape index (κ3) is 4.12. The molecule has 0 amide bonds. The van der Waals surface area contributed by atoms with Crippen LogP contribution in [0.1, 0.15) is 32.6 Å². The Morgan fingerprint density at radius 3 is 1.47 bits per heavy atom. The second kappa shape index (κ2) is 9.71. The highest BCUT2D eigenvalue weighted by Crippen LogP contribution is 2.41. The minimum atomic E-state index is -0.583. The summed E-state index contributed by atoms with van der Waals surface area (Å²) in [5.74, 6) is -0.341. The maximum Gasteiger partial charge on any atom is 0.337 e. The third-order valence-corrected chi connectivity index (χ3v) is 6.23. The smallest absolute Gasteiger partial charge is 0.337 e. The molecule has 0 heterocycles. The van der Waals surface area contributed by atoms with Crippen LogP contribution in [-0.2, 0) is 16.6 Å². The normalized spacial score (nSPS) is 11.0. The van der Waals surface area contributed by atoms with E-state index in [1.807, 2.05) is 30.3 Å². The first kappa shape index (κ1) is 21.7. The van der Waals surface area contributed by atoms with Crippen LogP contribution in [0.15, 0.2) is 115 Å². The summed E-state index contributed by atoms with van der Waals surface area (Å²) in [7, 11) is 1.39. The van der Waals surface area contributed by atoms with E-state index in [-0.39, 0.29) is 5.97 Å². The van der Waals surface area contributed by atoms with Crippen LogP contribution in [0.3, 0.4) is 0 Å². The van der Waals surface area contributed by atoms with Gasteiger partial charge in [-0.25, -0.2) is 4.79 Å². The summed E-state index contributed by atoms with van der Waals surface area (Å²) in [4.78, 5) is 12.7. The zero-order valence-corrected chi connectivity index (χ0v) is 18.7. The number of hydrogen-bond donors (Lipinski definition) is 0. The van der Waals surface area contributed by atoms with Gasteiger partial charge in [0.2, 0.25) is 0 Å². The number of carbonyl (C=O) groups excluding carboxylic acids is 1. The van der Waals surface area contributed by atoms with Crippen LogP contribution in [0.5, 0.6) is 0 Å². The highest BCUT2D eigenvalue weighted by atomic mass is 32.1. The highest BCUT2D eigenvalue weighted by molar-refractivity contribution is 7.80. The van der Waals surface area contributed by atoms with Gasteiger partial charge in [-0.05, 0) is 34.4 Å². The molecule has 4 aromatic carbocycles. The molecule has 0 unspecified atom stereocenters. The van der Waals surface area contributed by atoms with Gasteiger partial charge < -0.3 is 4.74 Å². The van der Waals surface area contributed by atoms with Crippen LogP contribution in [0.25, 0.3) is 0 Å². The van der Waals surface area contributed by atoms with Gasteiger partial charge in [-0.3, -0.25) is 0 Å². The van der Waals surface area contributed by atoms with E-state index in [1.165, 1.54) is 7.11 Å². The van der Waals surface area contributed by atoms with Crippen LogP contribution in [0.4, 0.5) is 0 Å². The molecule has 0 aliphatic rings. The van der Waals surface area contributed by atoms with Crippen LogP contribution in [-0.4, -0.2) is 17.9 Å². The van der Waals surface area contributed by atoms with Gasteiger partial charge in [-0.1, -0.05) is 115 Å². The predicted octanol–water partition coefficient (Wildman–Crippen LogP) is 6.42. The van der Waals surface area contributed by atoms with Gasteiger partial charge >= 0.3 is 5.97 Å². The summed E-state index contributed by atoms with van der Waals surface area (Å²) in [5.41, 5.74) is 4.40. The minimum Gasteiger partial charge on any atom is -0.465 e. The first-order chi connectivity index (χ1) is 15.7. The number of esters is 1. The molecule has 4 rings (SSSR count). The van der Waals surface area contributed by atoms with Crippen molar-refractivity contribution in [1.29, 1.82) is 0 Å². The molecule has 2 nitrogen and oxygen atoms in total. The van der Waals surface area contributed by atoms with E-state index >= 15 is 0 Å². The first-order valence-corrected chi connectivity index (χ1v) is 10.9. The molecule has 0 fully saturated rings. The molecule has 0 saturated carbocycles. The summed E-state index contributed by atoms with van der Waals surface area (Å²) in [6, 6.07) is 38.8. The van der Waals surface area contributed by atoms with Gasteiger partial charge in [0.25, 0.3) is 0 Å². The lowest BCUT2D eigenvalue weighted by molar-refractivity contribution is 0.0600. The van der Waals surface area contributed by atoms with Crippen molar-refractivity contribution in [2.75, 3.05) is 7.11 Å². The van der Waals surface area contributed by atoms with E-state index in [1.54, 1.807) is 12.1 Å². The van der Waals surface area contributed by atoms with Crippen molar-refractivity contribution in [1.82, 2.24) is 0 Å². The fourth-order valence-electron chi connectivity index (χ4n) is 4.24. The van der Waals surface area contributed by atoms with Crippen molar-refractivity contribution in [3.8, 4) is 0 Å². The Hall–Kier alpha value is -3.56. The molecule has 0 saturated heterocycles. The fourth-order valence-corrected chi connectivity index (χ4v) is 4.76. The molecule has 0 aliphatic heterocycles. The van der Waals surface area contributed by atoms with Crippen molar-refractivity contribution in [3.63, 3.8) is 0 Å². The van der Waals surface area contributed by atoms with Gasteiger partial charge in [0.05, 0.1) is 18.1 Å². The Bertz CT molecular complexity index is 1090. The van der Waals surface area contributed by atoms with Crippen molar-refractivity contribution in [2.24, 2.45) is 0 Å². The largest absolute Gasteiger partial charge is 0.465 e. The predicted molar refractivity (Wildman–Crippen MR) is 133 cm³/mol. The van der Waals surface area contributed by atoms with Crippen LogP contribution >= 0.6 is 12.2 Å². The quantitative estimate of drug-likeness (QED) is 0.190. The molecular weight excluding hydrogens is 412 g/mol. The zero-order chi connectivity index (χ0) is 22.4. The first-order valence-electron chi connectivity index (χ1n) is 10.5. The Morgan fingerprint density at radius 1 is 0.688 bits per heavy atom. The Balaban J connectivity index is 1.85. The summed E-state index contributed by atoms with van der Waals surface area (Å²) >= 11 is 6.23. The SMILES string of the molecule is COC(=O)c1ccc(CC(=S)C(c2ccccc2)(c2ccccc2)c2ccccc2)cc1. The van der Waals surface area contributed by atoms with Gasteiger partial charge in [0.15, 0.2) is 0 Å². The molecule has 4 aromatic rings. The lowest BCUT2D eigenvalue weighted by atomic mass is 9.66. The number of rotatable bonds is 7. The molecule has 0 aromatic heterocycles. The monoisotopic (exact) mass is 436 g/mol. The molecule has 0 aliphatic carbocycles. The van der Waals surface area contributed by atoms with E-state index in [9.17, 15) is 4.79 Å². The Labute approximate surface area is 194 Å². The second-order valence-electron chi connectivity index (χ2n) is 7.64. The van der Waals surface area contributed by atoms with E-state index < -0.39 is 5.41 Å². The summed E-state index contributed by atoms with van der Waals surface area (Å²) < 4.78 is 4.82. The number of hydrogen-bond acceptors (Lipinski definition) is 3. The maximum absolute atomic E-state index is 11.8. The van der Waals surface area contributed by atoms with Crippen molar-refractivity contribution in [2.45, 2.75) is 11.8 Å². The van der Waals surface area contributed by atoms with Gasteiger partial charge in [0.1, 0.15) is 0 Å². The van der Waals surface area contributed by atoms with E-state index in [0.717, 1.165) is 27.1 Å². The molecule has 3 heteroatoms. The number of ether oxygens (including phenoxy) is 1. The molecule has 0 radical (unpaired) electrons. The van der Waals surface area contributed by atoms with Crippen LogP contribution in [0.2, 0.25) is 0 Å². The number of methoxy groups -OCH3 is 1. The molecule has 0 atom stereocenters. The van der Waals surface area contributed by atoms with Crippen molar-refractivity contribution >= 4 is 23.1 Å². The van der Waals surface area contributed by atoms with E-state index in [0.29, 0.717) is 12.0 Å².